The summed E-state index contributed by atoms with van der Waals surface area (Å²) in [4.78, 5) is 38.7. The number of carbonyl (C=O) groups is 3. The normalized spacial score (nSPS) is 14.5. The first-order chi connectivity index (χ1) is 13.5. The van der Waals surface area contributed by atoms with Gasteiger partial charge in [-0.1, -0.05) is 43.3 Å². The Balaban J connectivity index is 1.67. The van der Waals surface area contributed by atoms with Crippen LogP contribution in [0.2, 0.25) is 0 Å². The topological polar surface area (TPSA) is 72.9 Å². The standard InChI is InChI=1S/C22H23NO5/c1-3-16-8-10-17(11-9-16)22(26)15(2)28-21(25)14-23-18-6-4-5-7-19(18)27-13-12-20(23)24/h4-11,15H,3,12-14H2,1-2H3/t15-/m1/s1. The van der Waals surface area contributed by atoms with Gasteiger partial charge in [0.15, 0.2) is 6.10 Å². The zero-order chi connectivity index (χ0) is 20.1. The van der Waals surface area contributed by atoms with Gasteiger partial charge >= 0.3 is 5.97 Å². The van der Waals surface area contributed by atoms with Crippen molar-refractivity contribution in [3.05, 3.63) is 59.7 Å². The van der Waals surface area contributed by atoms with Gasteiger partial charge in [0.05, 0.1) is 18.7 Å². The Bertz CT molecular complexity index is 875. The number of hydrogen-bond acceptors (Lipinski definition) is 5. The summed E-state index contributed by atoms with van der Waals surface area (Å²) >= 11 is 0. The maximum atomic E-state index is 12.5. The highest BCUT2D eigenvalue weighted by Crippen LogP contribution is 2.30. The summed E-state index contributed by atoms with van der Waals surface area (Å²) in [7, 11) is 0. The second-order valence-electron chi connectivity index (χ2n) is 6.59. The van der Waals surface area contributed by atoms with Gasteiger partial charge in [-0.3, -0.25) is 19.3 Å². The number of para-hydroxylation sites is 2. The quantitative estimate of drug-likeness (QED) is 0.568. The number of aryl methyl sites for hydroxylation is 1. The Labute approximate surface area is 164 Å². The molecule has 0 saturated carbocycles. The van der Waals surface area contributed by atoms with Crippen LogP contribution in [-0.4, -0.2) is 36.9 Å². The van der Waals surface area contributed by atoms with E-state index in [9.17, 15) is 14.4 Å². The fourth-order valence-corrected chi connectivity index (χ4v) is 3.05. The summed E-state index contributed by atoms with van der Waals surface area (Å²) in [5.74, 6) is -0.602. The molecule has 0 N–H and O–H groups in total. The molecule has 1 heterocycles. The minimum atomic E-state index is -0.937. The fraction of sp³-hybridized carbons (Fsp3) is 0.318. The van der Waals surface area contributed by atoms with E-state index in [0.29, 0.717) is 17.0 Å². The molecule has 0 aromatic heterocycles. The molecule has 1 aliphatic heterocycles. The van der Waals surface area contributed by atoms with E-state index in [-0.39, 0.29) is 31.3 Å². The lowest BCUT2D eigenvalue weighted by Gasteiger charge is -2.22. The average molecular weight is 381 g/mol. The first kappa shape index (κ1) is 19.6. The summed E-state index contributed by atoms with van der Waals surface area (Å²) in [6, 6.07) is 14.3. The number of nitrogens with zero attached hydrogens (tertiary/aromatic N) is 1. The van der Waals surface area contributed by atoms with Gasteiger partial charge in [-0.2, -0.15) is 0 Å². The Morgan fingerprint density at radius 3 is 2.57 bits per heavy atom. The van der Waals surface area contributed by atoms with Crippen molar-refractivity contribution in [2.45, 2.75) is 32.8 Å². The van der Waals surface area contributed by atoms with Crippen LogP contribution in [0.1, 0.15) is 36.2 Å². The molecule has 6 heteroatoms. The number of benzene rings is 2. The molecule has 0 saturated heterocycles. The molecule has 2 aromatic rings. The van der Waals surface area contributed by atoms with Crippen molar-refractivity contribution in [1.82, 2.24) is 0 Å². The third-order valence-electron chi connectivity index (χ3n) is 4.64. The predicted octanol–water partition coefficient (Wildman–Crippen LogP) is 3.18. The average Bonchev–Trinajstić information content (AvgIpc) is 2.86. The Morgan fingerprint density at radius 1 is 1.14 bits per heavy atom. The van der Waals surface area contributed by atoms with Gasteiger partial charge in [-0.05, 0) is 31.0 Å². The molecule has 1 amide bonds. The van der Waals surface area contributed by atoms with E-state index < -0.39 is 12.1 Å². The lowest BCUT2D eigenvalue weighted by Crippen LogP contribution is -2.38. The number of esters is 1. The number of rotatable bonds is 6. The minimum absolute atomic E-state index is 0.167. The molecule has 6 nitrogen and oxygen atoms in total. The first-order valence-corrected chi connectivity index (χ1v) is 9.34. The van der Waals surface area contributed by atoms with Crippen molar-refractivity contribution in [2.75, 3.05) is 18.1 Å². The lowest BCUT2D eigenvalue weighted by molar-refractivity contribution is -0.145. The molecule has 0 spiro atoms. The van der Waals surface area contributed by atoms with Crippen LogP contribution in [0.15, 0.2) is 48.5 Å². The van der Waals surface area contributed by atoms with Crippen LogP contribution in [0.4, 0.5) is 5.69 Å². The predicted molar refractivity (Wildman–Crippen MR) is 105 cm³/mol. The van der Waals surface area contributed by atoms with Crippen LogP contribution >= 0.6 is 0 Å². The van der Waals surface area contributed by atoms with Crippen molar-refractivity contribution in [2.24, 2.45) is 0 Å². The highest BCUT2D eigenvalue weighted by atomic mass is 16.5. The van der Waals surface area contributed by atoms with E-state index in [1.165, 1.54) is 11.8 Å². The Morgan fingerprint density at radius 2 is 1.86 bits per heavy atom. The van der Waals surface area contributed by atoms with Gasteiger partial charge < -0.3 is 9.47 Å². The van der Waals surface area contributed by atoms with Gasteiger partial charge in [0.25, 0.3) is 0 Å². The van der Waals surface area contributed by atoms with Crippen LogP contribution in [0.3, 0.4) is 0 Å². The number of hydrogen-bond donors (Lipinski definition) is 0. The summed E-state index contributed by atoms with van der Waals surface area (Å²) < 4.78 is 10.9. The minimum Gasteiger partial charge on any atom is -0.491 e. The largest absolute Gasteiger partial charge is 0.491 e. The first-order valence-electron chi connectivity index (χ1n) is 9.34. The number of Topliss-reactive ketones (excluding diaryl/α,β-unsaturated/α-hetero) is 1. The number of anilines is 1. The molecule has 1 aliphatic rings. The highest BCUT2D eigenvalue weighted by molar-refractivity contribution is 6.02. The summed E-state index contributed by atoms with van der Waals surface area (Å²) in [6.45, 7) is 3.56. The molecule has 3 rings (SSSR count). The lowest BCUT2D eigenvalue weighted by atomic mass is 10.0. The zero-order valence-corrected chi connectivity index (χ0v) is 16.0. The van der Waals surface area contributed by atoms with E-state index >= 15 is 0 Å². The number of fused-ring (bicyclic) bond motifs is 1. The molecule has 1 atom stereocenters. The van der Waals surface area contributed by atoms with E-state index in [4.69, 9.17) is 9.47 Å². The van der Waals surface area contributed by atoms with E-state index in [1.54, 1.807) is 36.4 Å². The zero-order valence-electron chi connectivity index (χ0n) is 16.0. The molecule has 2 aromatic carbocycles. The van der Waals surface area contributed by atoms with Crippen molar-refractivity contribution < 1.29 is 23.9 Å². The van der Waals surface area contributed by atoms with Crippen molar-refractivity contribution in [3.63, 3.8) is 0 Å². The van der Waals surface area contributed by atoms with Crippen LogP contribution in [0, 0.1) is 0 Å². The molecule has 0 fully saturated rings. The second kappa shape index (κ2) is 8.69. The SMILES string of the molecule is CCc1ccc(C(=O)[C@@H](C)OC(=O)CN2C(=O)CCOc3ccccc32)cc1. The third kappa shape index (κ3) is 4.39. The number of ether oxygens (including phenoxy) is 2. The van der Waals surface area contributed by atoms with E-state index in [1.807, 2.05) is 19.1 Å². The van der Waals surface area contributed by atoms with Gasteiger partial charge in [0.1, 0.15) is 12.3 Å². The maximum absolute atomic E-state index is 12.5. The number of amides is 1. The molecule has 28 heavy (non-hydrogen) atoms. The van der Waals surface area contributed by atoms with Gasteiger partial charge in [-0.15, -0.1) is 0 Å². The van der Waals surface area contributed by atoms with Crippen LogP contribution in [0.5, 0.6) is 5.75 Å². The molecule has 146 valence electrons. The fourth-order valence-electron chi connectivity index (χ4n) is 3.05. The van der Waals surface area contributed by atoms with Crippen LogP contribution in [0.25, 0.3) is 0 Å². The van der Waals surface area contributed by atoms with Crippen LogP contribution in [-0.2, 0) is 20.7 Å². The van der Waals surface area contributed by atoms with Crippen LogP contribution < -0.4 is 9.64 Å². The Kier molecular flexibility index (Phi) is 6.09. The number of carbonyl (C=O) groups excluding carboxylic acids is 3. The van der Waals surface area contributed by atoms with Gasteiger partial charge in [-0.25, -0.2) is 0 Å². The summed E-state index contributed by atoms with van der Waals surface area (Å²) in [5.41, 5.74) is 2.14. The molecular formula is C22H23NO5. The molecule has 0 unspecified atom stereocenters. The van der Waals surface area contributed by atoms with Crippen molar-refractivity contribution >= 4 is 23.3 Å². The molecular weight excluding hydrogens is 358 g/mol. The van der Waals surface area contributed by atoms with E-state index in [0.717, 1.165) is 12.0 Å². The van der Waals surface area contributed by atoms with Gasteiger partial charge in [0.2, 0.25) is 11.7 Å². The van der Waals surface area contributed by atoms with E-state index in [2.05, 4.69) is 0 Å². The second-order valence-corrected chi connectivity index (χ2v) is 6.59. The third-order valence-corrected chi connectivity index (χ3v) is 4.64. The van der Waals surface area contributed by atoms with Crippen molar-refractivity contribution in [1.29, 1.82) is 0 Å². The summed E-state index contributed by atoms with van der Waals surface area (Å²) in [5, 5.41) is 0. The maximum Gasteiger partial charge on any atom is 0.326 e. The van der Waals surface area contributed by atoms with Gasteiger partial charge in [0, 0.05) is 5.56 Å². The molecule has 0 bridgehead atoms. The molecule has 0 radical (unpaired) electrons. The monoisotopic (exact) mass is 381 g/mol. The number of ketones is 1. The highest BCUT2D eigenvalue weighted by Gasteiger charge is 2.27. The smallest absolute Gasteiger partial charge is 0.326 e. The van der Waals surface area contributed by atoms with Crippen molar-refractivity contribution in [3.8, 4) is 5.75 Å². The summed E-state index contributed by atoms with van der Waals surface area (Å²) in [6.07, 6.45) is 0.113. The molecule has 0 aliphatic carbocycles. The Hall–Kier alpha value is -3.15.